The number of hydrogen-bond acceptors (Lipinski definition) is 6. The quantitative estimate of drug-likeness (QED) is 0.0360. The molecule has 0 saturated heterocycles. The van der Waals surface area contributed by atoms with Crippen LogP contribution in [0.4, 0.5) is 0 Å². The van der Waals surface area contributed by atoms with Gasteiger partial charge in [0, 0.05) is 12.8 Å². The number of esters is 2. The fourth-order valence-electron chi connectivity index (χ4n) is 6.61. The monoisotopic (exact) mass is 747 g/mol. The molecule has 0 aromatic rings. The first kappa shape index (κ1) is 50.1. The van der Waals surface area contributed by atoms with Crippen LogP contribution in [0.2, 0.25) is 0 Å². The lowest BCUT2D eigenvalue weighted by Crippen LogP contribution is -2.29. The van der Waals surface area contributed by atoms with E-state index in [-0.39, 0.29) is 19.4 Å². The molecule has 8 nitrogen and oxygen atoms in total. The van der Waals surface area contributed by atoms with Crippen LogP contribution in [-0.2, 0) is 28.2 Å². The zero-order valence-electron chi connectivity index (χ0n) is 33.5. The molecule has 0 fully saturated rings. The van der Waals surface area contributed by atoms with Gasteiger partial charge in [-0.2, -0.15) is 0 Å². The van der Waals surface area contributed by atoms with Crippen molar-refractivity contribution in [3.05, 3.63) is 0 Å². The van der Waals surface area contributed by atoms with Crippen molar-refractivity contribution in [3.63, 3.8) is 0 Å². The topological polar surface area (TPSA) is 119 Å². The van der Waals surface area contributed by atoms with Crippen molar-refractivity contribution in [2.45, 2.75) is 245 Å². The van der Waals surface area contributed by atoms with Crippen LogP contribution >= 0.6 is 7.82 Å². The minimum Gasteiger partial charge on any atom is -0.462 e. The minimum atomic E-state index is -4.75. The maximum atomic E-state index is 12.4. The van der Waals surface area contributed by atoms with Crippen LogP contribution in [0.15, 0.2) is 0 Å². The Morgan fingerprint density at radius 1 is 0.431 bits per heavy atom. The lowest BCUT2D eigenvalue weighted by Gasteiger charge is -2.18. The summed E-state index contributed by atoms with van der Waals surface area (Å²) in [6.07, 6.45) is 41.1. The largest absolute Gasteiger partial charge is 0.469 e. The third-order valence-corrected chi connectivity index (χ3v) is 10.4. The molecule has 0 aromatic carbocycles. The number of ether oxygens (including phenoxy) is 2. The van der Waals surface area contributed by atoms with E-state index in [1.807, 2.05) is 0 Å². The Balaban J connectivity index is 3.84. The highest BCUT2D eigenvalue weighted by atomic mass is 31.2. The second-order valence-corrected chi connectivity index (χ2v) is 16.3. The maximum absolute atomic E-state index is 12.4. The Morgan fingerprint density at radius 2 is 0.706 bits per heavy atom. The van der Waals surface area contributed by atoms with Crippen molar-refractivity contribution < 1.29 is 37.9 Å². The normalized spacial score (nSPS) is 12.3. The van der Waals surface area contributed by atoms with Gasteiger partial charge in [0.1, 0.15) is 6.61 Å². The van der Waals surface area contributed by atoms with Crippen LogP contribution in [0.3, 0.4) is 0 Å². The number of phosphoric ester groups is 1. The molecule has 0 rings (SSSR count). The van der Waals surface area contributed by atoms with E-state index in [1.165, 1.54) is 173 Å². The summed E-state index contributed by atoms with van der Waals surface area (Å²) < 4.78 is 26.4. The third kappa shape index (κ3) is 41.7. The summed E-state index contributed by atoms with van der Waals surface area (Å²) in [5.41, 5.74) is 0. The first-order chi connectivity index (χ1) is 24.8. The fourth-order valence-corrected chi connectivity index (χ4v) is 6.97. The molecule has 0 saturated carbocycles. The first-order valence-electron chi connectivity index (χ1n) is 21.8. The second-order valence-electron chi connectivity index (χ2n) is 15.0. The molecule has 0 amide bonds. The van der Waals surface area contributed by atoms with Gasteiger partial charge in [-0.1, -0.05) is 213 Å². The molecule has 0 heterocycles. The number of carbonyl (C=O) groups excluding carboxylic acids is 2. The summed E-state index contributed by atoms with van der Waals surface area (Å²) in [4.78, 5) is 42.9. The van der Waals surface area contributed by atoms with Gasteiger partial charge in [0.2, 0.25) is 0 Å². The van der Waals surface area contributed by atoms with Crippen molar-refractivity contribution >= 4 is 19.8 Å². The van der Waals surface area contributed by atoms with Crippen LogP contribution in [0, 0.1) is 0 Å². The second kappa shape index (κ2) is 38.8. The third-order valence-electron chi connectivity index (χ3n) is 9.88. The van der Waals surface area contributed by atoms with E-state index in [1.54, 1.807) is 0 Å². The van der Waals surface area contributed by atoms with Crippen molar-refractivity contribution in [2.75, 3.05) is 13.2 Å². The number of carbonyl (C=O) groups is 2. The van der Waals surface area contributed by atoms with Gasteiger partial charge in [0.25, 0.3) is 0 Å². The Hall–Kier alpha value is -0.950. The highest BCUT2D eigenvalue weighted by molar-refractivity contribution is 7.46. The summed E-state index contributed by atoms with van der Waals surface area (Å²) >= 11 is 0. The summed E-state index contributed by atoms with van der Waals surface area (Å²) in [5, 5.41) is 0. The number of hydrogen-bond donors (Lipinski definition) is 2. The molecule has 2 N–H and O–H groups in total. The van der Waals surface area contributed by atoms with Crippen LogP contribution < -0.4 is 0 Å². The molecule has 0 unspecified atom stereocenters. The SMILES string of the molecule is CCCCCCCCCCCCCCCCCCCC(=O)O[C@H](COC(=O)CCCCCCCCCCCCCCCCCC)COP(=O)(O)O. The smallest absolute Gasteiger partial charge is 0.462 e. The molecule has 0 spiro atoms. The Bertz CT molecular complexity index is 802. The average Bonchev–Trinajstić information content (AvgIpc) is 3.10. The minimum absolute atomic E-state index is 0.220. The zero-order chi connectivity index (χ0) is 37.5. The molecular weight excluding hydrogens is 663 g/mol. The zero-order valence-corrected chi connectivity index (χ0v) is 34.4. The fraction of sp³-hybridized carbons (Fsp3) is 0.952. The molecule has 0 aromatic heterocycles. The average molecular weight is 747 g/mol. The van der Waals surface area contributed by atoms with Crippen molar-refractivity contribution in [1.82, 2.24) is 0 Å². The van der Waals surface area contributed by atoms with Gasteiger partial charge < -0.3 is 19.3 Å². The predicted octanol–water partition coefficient (Wildman–Crippen LogP) is 13.2. The number of rotatable bonds is 41. The summed E-state index contributed by atoms with van der Waals surface area (Å²) in [5.74, 6) is -0.866. The maximum Gasteiger partial charge on any atom is 0.469 e. The lowest BCUT2D eigenvalue weighted by molar-refractivity contribution is -0.161. The molecule has 0 aliphatic rings. The van der Waals surface area contributed by atoms with E-state index in [2.05, 4.69) is 18.4 Å². The molecule has 51 heavy (non-hydrogen) atoms. The Morgan fingerprint density at radius 3 is 1.00 bits per heavy atom. The predicted molar refractivity (Wildman–Crippen MR) is 212 cm³/mol. The van der Waals surface area contributed by atoms with Crippen molar-refractivity contribution in [2.24, 2.45) is 0 Å². The van der Waals surface area contributed by atoms with E-state index in [9.17, 15) is 14.2 Å². The molecule has 1 atom stereocenters. The Kier molecular flexibility index (Phi) is 38.0. The van der Waals surface area contributed by atoms with Gasteiger partial charge in [-0.05, 0) is 12.8 Å². The van der Waals surface area contributed by atoms with Gasteiger partial charge in [0.05, 0.1) is 6.61 Å². The van der Waals surface area contributed by atoms with E-state index >= 15 is 0 Å². The molecule has 0 bridgehead atoms. The number of phosphoric acid groups is 1. The van der Waals surface area contributed by atoms with Crippen molar-refractivity contribution in [3.8, 4) is 0 Å². The summed E-state index contributed by atoms with van der Waals surface area (Å²) in [6, 6.07) is 0. The Labute approximate surface area is 315 Å². The van der Waals surface area contributed by atoms with Crippen molar-refractivity contribution in [1.29, 1.82) is 0 Å². The molecule has 9 heteroatoms. The van der Waals surface area contributed by atoms with Crippen LogP contribution in [-0.4, -0.2) is 41.0 Å². The van der Waals surface area contributed by atoms with E-state index in [0.29, 0.717) is 6.42 Å². The van der Waals surface area contributed by atoms with Gasteiger partial charge in [-0.15, -0.1) is 0 Å². The summed E-state index contributed by atoms with van der Waals surface area (Å²) in [7, 11) is -4.75. The highest BCUT2D eigenvalue weighted by Crippen LogP contribution is 2.36. The highest BCUT2D eigenvalue weighted by Gasteiger charge is 2.23. The van der Waals surface area contributed by atoms with Crippen LogP contribution in [0.1, 0.15) is 239 Å². The lowest BCUT2D eigenvalue weighted by atomic mass is 10.0. The van der Waals surface area contributed by atoms with Gasteiger partial charge in [-0.25, -0.2) is 4.57 Å². The van der Waals surface area contributed by atoms with Crippen LogP contribution in [0.25, 0.3) is 0 Å². The van der Waals surface area contributed by atoms with E-state index in [4.69, 9.17) is 19.3 Å². The van der Waals surface area contributed by atoms with Gasteiger partial charge >= 0.3 is 19.8 Å². The van der Waals surface area contributed by atoms with Gasteiger partial charge in [0.15, 0.2) is 6.10 Å². The molecule has 0 radical (unpaired) electrons. The number of unbranched alkanes of at least 4 members (excludes halogenated alkanes) is 31. The molecular formula is C42H83O8P. The van der Waals surface area contributed by atoms with Crippen LogP contribution in [0.5, 0.6) is 0 Å². The standard InChI is InChI=1S/C42H83O8P/c1-3-5-7-9-11-13-15-17-19-21-23-25-27-29-31-33-35-37-42(44)50-40(39-49-51(45,46)47)38-48-41(43)36-34-32-30-28-26-24-22-20-18-16-14-12-10-8-6-4-2/h40H,3-39H2,1-2H3,(H2,45,46,47)/t40-/m1/s1. The summed E-state index contributed by atoms with van der Waals surface area (Å²) in [6.45, 7) is 3.72. The molecule has 304 valence electrons. The van der Waals surface area contributed by atoms with Gasteiger partial charge in [-0.3, -0.25) is 14.1 Å². The molecule has 0 aliphatic carbocycles. The van der Waals surface area contributed by atoms with E-state index < -0.39 is 32.5 Å². The first-order valence-corrected chi connectivity index (χ1v) is 23.4. The molecule has 0 aliphatic heterocycles. The van der Waals surface area contributed by atoms with E-state index in [0.717, 1.165) is 32.1 Å².